The molecule has 1 aromatic rings. The highest BCUT2D eigenvalue weighted by Gasteiger charge is 2.23. The molecule has 0 atom stereocenters. The number of esters is 1. The van der Waals surface area contributed by atoms with Gasteiger partial charge in [0, 0.05) is 5.92 Å². The summed E-state index contributed by atoms with van der Waals surface area (Å²) in [5.41, 5.74) is 1.94. The van der Waals surface area contributed by atoms with E-state index in [9.17, 15) is 4.79 Å². The Kier molecular flexibility index (Phi) is 9.73. The molecule has 0 aliphatic heterocycles. The van der Waals surface area contributed by atoms with Crippen molar-refractivity contribution >= 4 is 5.97 Å². The lowest BCUT2D eigenvalue weighted by atomic mass is 9.80. The van der Waals surface area contributed by atoms with Crippen molar-refractivity contribution < 1.29 is 9.53 Å². The Morgan fingerprint density at radius 3 is 2.32 bits per heavy atom. The van der Waals surface area contributed by atoms with E-state index in [1.165, 1.54) is 44.1 Å². The molecule has 0 amide bonds. The van der Waals surface area contributed by atoms with Crippen LogP contribution < -0.4 is 0 Å². The molecular weight excluding hydrogens is 380 g/mol. The zero-order valence-corrected chi connectivity index (χ0v) is 19.6. The van der Waals surface area contributed by atoms with Crippen LogP contribution >= 0.6 is 0 Å². The standard InChI is InChI=1S/C29H40O2/c1-3-7-23-11-13-25(14-12-23)9-5-6-10-26-17-21-28(22-18-26)31-29(30)27-19-15-24(8-4-2)16-20-27/h5,9,15-16,19-20,23,25-26,28H,3-4,7-8,11-14,17-18,21-22H2,1-2H3/b9-5+/t23-,25-,26-,28-. The predicted molar refractivity (Wildman–Crippen MR) is 129 cm³/mol. The van der Waals surface area contributed by atoms with Crippen LogP contribution in [-0.4, -0.2) is 12.1 Å². The van der Waals surface area contributed by atoms with Gasteiger partial charge in [-0.25, -0.2) is 4.79 Å². The van der Waals surface area contributed by atoms with Crippen molar-refractivity contribution in [3.8, 4) is 11.8 Å². The van der Waals surface area contributed by atoms with Crippen LogP contribution in [0.4, 0.5) is 0 Å². The smallest absolute Gasteiger partial charge is 0.338 e. The molecule has 3 rings (SSSR count). The lowest BCUT2D eigenvalue weighted by molar-refractivity contribution is 0.0188. The summed E-state index contributed by atoms with van der Waals surface area (Å²) < 4.78 is 5.76. The summed E-state index contributed by atoms with van der Waals surface area (Å²) in [4.78, 5) is 12.4. The van der Waals surface area contributed by atoms with Crippen LogP contribution in [0.3, 0.4) is 0 Å². The highest BCUT2D eigenvalue weighted by atomic mass is 16.5. The fourth-order valence-corrected chi connectivity index (χ4v) is 5.07. The lowest BCUT2D eigenvalue weighted by Gasteiger charge is -2.26. The average Bonchev–Trinajstić information content (AvgIpc) is 2.80. The third-order valence-corrected chi connectivity index (χ3v) is 7.00. The van der Waals surface area contributed by atoms with E-state index in [0.29, 0.717) is 11.5 Å². The van der Waals surface area contributed by atoms with Gasteiger partial charge in [0.05, 0.1) is 5.56 Å². The molecule has 2 aliphatic carbocycles. The van der Waals surface area contributed by atoms with Crippen LogP contribution in [0, 0.1) is 29.6 Å². The first-order valence-electron chi connectivity index (χ1n) is 12.7. The number of ether oxygens (including phenoxy) is 1. The van der Waals surface area contributed by atoms with Crippen LogP contribution in [0.15, 0.2) is 36.4 Å². The fourth-order valence-electron chi connectivity index (χ4n) is 5.07. The van der Waals surface area contributed by atoms with Gasteiger partial charge in [-0.05, 0) is 93.4 Å². The van der Waals surface area contributed by atoms with Gasteiger partial charge in [-0.3, -0.25) is 0 Å². The number of allylic oxidation sites excluding steroid dienone is 2. The average molecular weight is 421 g/mol. The Balaban J connectivity index is 1.36. The van der Waals surface area contributed by atoms with Crippen LogP contribution in [0.1, 0.15) is 100 Å². The van der Waals surface area contributed by atoms with E-state index in [4.69, 9.17) is 4.74 Å². The van der Waals surface area contributed by atoms with Crippen molar-refractivity contribution in [3.05, 3.63) is 47.5 Å². The van der Waals surface area contributed by atoms with Crippen molar-refractivity contribution in [1.82, 2.24) is 0 Å². The molecule has 0 N–H and O–H groups in total. The molecule has 0 saturated heterocycles. The van der Waals surface area contributed by atoms with E-state index >= 15 is 0 Å². The second-order valence-electron chi connectivity index (χ2n) is 9.54. The van der Waals surface area contributed by atoms with E-state index in [-0.39, 0.29) is 12.1 Å². The first-order valence-corrected chi connectivity index (χ1v) is 12.7. The minimum Gasteiger partial charge on any atom is -0.459 e. The molecule has 0 bridgehead atoms. The quantitative estimate of drug-likeness (QED) is 0.337. The van der Waals surface area contributed by atoms with Gasteiger partial charge in [0.15, 0.2) is 0 Å². The molecule has 0 spiro atoms. The molecule has 0 radical (unpaired) electrons. The van der Waals surface area contributed by atoms with Crippen molar-refractivity contribution in [3.63, 3.8) is 0 Å². The van der Waals surface area contributed by atoms with Gasteiger partial charge in [-0.1, -0.05) is 63.2 Å². The van der Waals surface area contributed by atoms with E-state index in [2.05, 4.69) is 37.8 Å². The van der Waals surface area contributed by atoms with Gasteiger partial charge < -0.3 is 4.74 Å². The zero-order chi connectivity index (χ0) is 21.9. The fraction of sp³-hybridized carbons (Fsp3) is 0.621. The van der Waals surface area contributed by atoms with Crippen LogP contribution in [-0.2, 0) is 11.2 Å². The maximum Gasteiger partial charge on any atom is 0.338 e. The molecule has 2 nitrogen and oxygen atoms in total. The summed E-state index contributed by atoms with van der Waals surface area (Å²) in [6, 6.07) is 7.87. The van der Waals surface area contributed by atoms with E-state index in [1.807, 2.05) is 24.3 Å². The highest BCUT2D eigenvalue weighted by Crippen LogP contribution is 2.32. The Hall–Kier alpha value is -2.01. The molecule has 2 heteroatoms. The number of carbonyl (C=O) groups excluding carboxylic acids is 1. The van der Waals surface area contributed by atoms with Crippen LogP contribution in [0.2, 0.25) is 0 Å². The highest BCUT2D eigenvalue weighted by molar-refractivity contribution is 5.89. The number of carbonyl (C=O) groups is 1. The van der Waals surface area contributed by atoms with Crippen LogP contribution in [0.5, 0.6) is 0 Å². The maximum absolute atomic E-state index is 12.4. The third kappa shape index (κ3) is 7.88. The minimum atomic E-state index is -0.186. The molecule has 2 fully saturated rings. The molecule has 0 heterocycles. The first-order chi connectivity index (χ1) is 15.2. The summed E-state index contributed by atoms with van der Waals surface area (Å²) in [5, 5.41) is 0. The van der Waals surface area contributed by atoms with E-state index in [1.54, 1.807) is 0 Å². The maximum atomic E-state index is 12.4. The molecule has 0 unspecified atom stereocenters. The molecule has 31 heavy (non-hydrogen) atoms. The number of hydrogen-bond donors (Lipinski definition) is 0. The van der Waals surface area contributed by atoms with Crippen molar-refractivity contribution in [2.24, 2.45) is 17.8 Å². The molecule has 1 aromatic carbocycles. The Morgan fingerprint density at radius 1 is 0.968 bits per heavy atom. The Labute approximate surface area is 189 Å². The molecule has 0 aromatic heterocycles. The molecule has 2 saturated carbocycles. The van der Waals surface area contributed by atoms with Crippen molar-refractivity contribution in [1.29, 1.82) is 0 Å². The molecule has 168 valence electrons. The largest absolute Gasteiger partial charge is 0.459 e. The molecular formula is C29H40O2. The zero-order valence-electron chi connectivity index (χ0n) is 19.6. The van der Waals surface area contributed by atoms with Crippen LogP contribution in [0.25, 0.3) is 0 Å². The van der Waals surface area contributed by atoms with Crippen molar-refractivity contribution in [2.45, 2.75) is 97.0 Å². The van der Waals surface area contributed by atoms with Gasteiger partial charge in [0.25, 0.3) is 0 Å². The van der Waals surface area contributed by atoms with E-state index in [0.717, 1.165) is 50.4 Å². The Morgan fingerprint density at radius 2 is 1.68 bits per heavy atom. The predicted octanol–water partition coefficient (Wildman–Crippen LogP) is 7.52. The minimum absolute atomic E-state index is 0.0368. The number of hydrogen-bond acceptors (Lipinski definition) is 2. The summed E-state index contributed by atoms with van der Waals surface area (Å²) in [5.74, 6) is 8.68. The van der Waals surface area contributed by atoms with E-state index < -0.39 is 0 Å². The van der Waals surface area contributed by atoms with Gasteiger partial charge in [0.2, 0.25) is 0 Å². The SMILES string of the molecule is CCCc1ccc(C(=O)O[C@H]2CC[C@H](C#C/C=C/[C@H]3CC[C@H](CCC)CC3)CC2)cc1. The number of rotatable bonds is 7. The van der Waals surface area contributed by atoms with Gasteiger partial charge in [-0.15, -0.1) is 0 Å². The van der Waals surface area contributed by atoms with Gasteiger partial charge in [0.1, 0.15) is 6.10 Å². The summed E-state index contributed by atoms with van der Waals surface area (Å²) in [6.45, 7) is 4.46. The van der Waals surface area contributed by atoms with Gasteiger partial charge >= 0.3 is 5.97 Å². The number of benzene rings is 1. The normalized spacial score (nSPS) is 26.3. The van der Waals surface area contributed by atoms with Gasteiger partial charge in [-0.2, -0.15) is 0 Å². The monoisotopic (exact) mass is 420 g/mol. The first kappa shape index (κ1) is 23.6. The third-order valence-electron chi connectivity index (χ3n) is 7.00. The lowest BCUT2D eigenvalue weighted by Crippen LogP contribution is -2.24. The Bertz CT molecular complexity index is 748. The topological polar surface area (TPSA) is 26.3 Å². The number of aryl methyl sites for hydroxylation is 1. The molecule has 2 aliphatic rings. The second kappa shape index (κ2) is 12.7. The summed E-state index contributed by atoms with van der Waals surface area (Å²) >= 11 is 0. The van der Waals surface area contributed by atoms with Crippen molar-refractivity contribution in [2.75, 3.05) is 0 Å². The second-order valence-corrected chi connectivity index (χ2v) is 9.54. The summed E-state index contributed by atoms with van der Waals surface area (Å²) in [6.07, 6.45) is 18.7. The summed E-state index contributed by atoms with van der Waals surface area (Å²) in [7, 11) is 0.